The Morgan fingerprint density at radius 2 is 2.17 bits per heavy atom. The van der Waals surface area contributed by atoms with Crippen molar-refractivity contribution in [3.8, 4) is 0 Å². The van der Waals surface area contributed by atoms with Crippen molar-refractivity contribution in [2.45, 2.75) is 20.0 Å². The maximum Gasteiger partial charge on any atom is 0.113 e. The molecule has 2 aromatic heterocycles. The number of benzene rings is 1. The summed E-state index contributed by atoms with van der Waals surface area (Å²) in [6.07, 6.45) is 2.14. The van der Waals surface area contributed by atoms with Crippen molar-refractivity contribution < 1.29 is 0 Å². The molecule has 0 radical (unpaired) electrons. The van der Waals surface area contributed by atoms with Crippen LogP contribution >= 0.6 is 11.3 Å². The van der Waals surface area contributed by atoms with Crippen molar-refractivity contribution in [2.75, 3.05) is 0 Å². The quantitative estimate of drug-likeness (QED) is 0.784. The fourth-order valence-electron chi connectivity index (χ4n) is 2.24. The van der Waals surface area contributed by atoms with Crippen molar-refractivity contribution in [3.05, 3.63) is 52.1 Å². The normalized spacial score (nSPS) is 11.2. The molecule has 0 saturated carbocycles. The van der Waals surface area contributed by atoms with Crippen LogP contribution in [0.15, 0.2) is 35.8 Å². The van der Waals surface area contributed by atoms with Gasteiger partial charge >= 0.3 is 0 Å². The minimum Gasteiger partial charge on any atom is -0.340 e. The molecule has 0 atom stereocenters. The molecule has 1 aromatic carbocycles. The van der Waals surface area contributed by atoms with Gasteiger partial charge in [-0.2, -0.15) is 0 Å². The van der Waals surface area contributed by atoms with E-state index in [0.29, 0.717) is 6.54 Å². The van der Waals surface area contributed by atoms with E-state index in [1.165, 1.54) is 16.5 Å². The SMILES string of the molecule is Cc1csc(Cn2cc(CN)c3ccccc32)n1. The Bertz CT molecular complexity index is 681. The van der Waals surface area contributed by atoms with Crippen LogP contribution in [0.1, 0.15) is 16.3 Å². The lowest BCUT2D eigenvalue weighted by Crippen LogP contribution is -1.98. The van der Waals surface area contributed by atoms with Crippen molar-refractivity contribution in [1.82, 2.24) is 9.55 Å². The highest BCUT2D eigenvalue weighted by molar-refractivity contribution is 7.09. The third-order valence-corrected chi connectivity index (χ3v) is 4.01. The fourth-order valence-corrected chi connectivity index (χ4v) is 3.01. The summed E-state index contributed by atoms with van der Waals surface area (Å²) in [4.78, 5) is 4.51. The highest BCUT2D eigenvalue weighted by atomic mass is 32.1. The lowest BCUT2D eigenvalue weighted by Gasteiger charge is -2.01. The average Bonchev–Trinajstić information content (AvgIpc) is 2.95. The minimum atomic E-state index is 0.574. The molecule has 0 aliphatic carbocycles. The van der Waals surface area contributed by atoms with Gasteiger partial charge in [-0.1, -0.05) is 18.2 Å². The molecule has 2 N–H and O–H groups in total. The lowest BCUT2D eigenvalue weighted by atomic mass is 10.2. The molecule has 0 bridgehead atoms. The Morgan fingerprint density at radius 1 is 1.33 bits per heavy atom. The van der Waals surface area contributed by atoms with Gasteiger partial charge in [0.25, 0.3) is 0 Å². The minimum absolute atomic E-state index is 0.574. The summed E-state index contributed by atoms with van der Waals surface area (Å²) in [6.45, 7) is 3.42. The van der Waals surface area contributed by atoms with Gasteiger partial charge in [0.2, 0.25) is 0 Å². The Morgan fingerprint density at radius 3 is 2.89 bits per heavy atom. The van der Waals surface area contributed by atoms with E-state index in [1.54, 1.807) is 11.3 Å². The highest BCUT2D eigenvalue weighted by Crippen LogP contribution is 2.22. The molecule has 0 aliphatic heterocycles. The summed E-state index contributed by atoms with van der Waals surface area (Å²) in [6, 6.07) is 8.38. The Kier molecular flexibility index (Phi) is 2.89. The second kappa shape index (κ2) is 4.55. The van der Waals surface area contributed by atoms with Crippen LogP contribution in [0.5, 0.6) is 0 Å². The number of para-hydroxylation sites is 1. The number of aromatic nitrogens is 2. The maximum atomic E-state index is 5.80. The number of nitrogens with two attached hydrogens (primary N) is 1. The summed E-state index contributed by atoms with van der Waals surface area (Å²) in [5.74, 6) is 0. The van der Waals surface area contributed by atoms with E-state index in [4.69, 9.17) is 5.73 Å². The first-order chi connectivity index (χ1) is 8.78. The second-order valence-electron chi connectivity index (χ2n) is 4.39. The summed E-state index contributed by atoms with van der Waals surface area (Å²) < 4.78 is 2.23. The molecule has 2 heterocycles. The van der Waals surface area contributed by atoms with Crippen LogP contribution in [0, 0.1) is 6.92 Å². The summed E-state index contributed by atoms with van der Waals surface area (Å²) in [5, 5.41) is 4.47. The second-order valence-corrected chi connectivity index (χ2v) is 5.33. The standard InChI is InChI=1S/C14H15N3S/c1-10-9-18-14(16-10)8-17-7-11(6-15)12-4-2-3-5-13(12)17/h2-5,7,9H,6,8,15H2,1H3. The van der Waals surface area contributed by atoms with Gasteiger partial charge in [0.05, 0.1) is 6.54 Å². The molecule has 92 valence electrons. The van der Waals surface area contributed by atoms with Crippen LogP contribution in [0.2, 0.25) is 0 Å². The zero-order valence-corrected chi connectivity index (χ0v) is 11.1. The molecule has 0 fully saturated rings. The van der Waals surface area contributed by atoms with Crippen molar-refractivity contribution >= 4 is 22.2 Å². The van der Waals surface area contributed by atoms with E-state index in [0.717, 1.165) is 17.2 Å². The van der Waals surface area contributed by atoms with E-state index in [9.17, 15) is 0 Å². The summed E-state index contributed by atoms with van der Waals surface area (Å²) in [7, 11) is 0. The van der Waals surface area contributed by atoms with Crippen LogP contribution in [-0.4, -0.2) is 9.55 Å². The molecule has 3 nitrogen and oxygen atoms in total. The monoisotopic (exact) mass is 257 g/mol. The van der Waals surface area contributed by atoms with E-state index in [1.807, 2.05) is 6.92 Å². The maximum absolute atomic E-state index is 5.80. The first kappa shape index (κ1) is 11.4. The molecule has 3 rings (SSSR count). The van der Waals surface area contributed by atoms with Gasteiger partial charge in [0, 0.05) is 34.7 Å². The van der Waals surface area contributed by atoms with Gasteiger partial charge in [-0.15, -0.1) is 11.3 Å². The molecule has 0 unspecified atom stereocenters. The Hall–Kier alpha value is -1.65. The van der Waals surface area contributed by atoms with Crippen molar-refractivity contribution in [1.29, 1.82) is 0 Å². The first-order valence-corrected chi connectivity index (χ1v) is 6.83. The van der Waals surface area contributed by atoms with E-state index >= 15 is 0 Å². The fraction of sp³-hybridized carbons (Fsp3) is 0.214. The smallest absolute Gasteiger partial charge is 0.113 e. The van der Waals surface area contributed by atoms with Gasteiger partial charge in [-0.3, -0.25) is 0 Å². The molecule has 4 heteroatoms. The van der Waals surface area contributed by atoms with Crippen LogP contribution in [0.3, 0.4) is 0 Å². The lowest BCUT2D eigenvalue weighted by molar-refractivity contribution is 0.818. The summed E-state index contributed by atoms with van der Waals surface area (Å²) >= 11 is 1.71. The first-order valence-electron chi connectivity index (χ1n) is 5.96. The molecule has 18 heavy (non-hydrogen) atoms. The van der Waals surface area contributed by atoms with Crippen molar-refractivity contribution in [3.63, 3.8) is 0 Å². The molecule has 3 aromatic rings. The highest BCUT2D eigenvalue weighted by Gasteiger charge is 2.08. The number of fused-ring (bicyclic) bond motifs is 1. The van der Waals surface area contributed by atoms with E-state index < -0.39 is 0 Å². The largest absolute Gasteiger partial charge is 0.340 e. The van der Waals surface area contributed by atoms with Gasteiger partial charge in [-0.05, 0) is 18.6 Å². The molecule has 0 saturated heterocycles. The van der Waals surface area contributed by atoms with Crippen LogP contribution < -0.4 is 5.73 Å². The Labute approximate surface area is 110 Å². The molecule has 0 aliphatic rings. The number of rotatable bonds is 3. The number of hydrogen-bond acceptors (Lipinski definition) is 3. The molecular weight excluding hydrogens is 242 g/mol. The van der Waals surface area contributed by atoms with Crippen LogP contribution in [0.4, 0.5) is 0 Å². The van der Waals surface area contributed by atoms with Gasteiger partial charge in [0.15, 0.2) is 0 Å². The Balaban J connectivity index is 2.06. The molecule has 0 spiro atoms. The number of hydrogen-bond donors (Lipinski definition) is 1. The van der Waals surface area contributed by atoms with Crippen LogP contribution in [0.25, 0.3) is 10.9 Å². The number of nitrogens with zero attached hydrogens (tertiary/aromatic N) is 2. The van der Waals surface area contributed by atoms with E-state index in [-0.39, 0.29) is 0 Å². The van der Waals surface area contributed by atoms with Crippen molar-refractivity contribution in [2.24, 2.45) is 5.73 Å². The topological polar surface area (TPSA) is 43.8 Å². The zero-order valence-electron chi connectivity index (χ0n) is 10.3. The van der Waals surface area contributed by atoms with Gasteiger partial charge < -0.3 is 10.3 Å². The number of thiazole rings is 1. The molecular formula is C14H15N3S. The predicted molar refractivity (Wildman–Crippen MR) is 75.8 cm³/mol. The van der Waals surface area contributed by atoms with Crippen LogP contribution in [-0.2, 0) is 13.1 Å². The van der Waals surface area contributed by atoms with Gasteiger partial charge in [0.1, 0.15) is 5.01 Å². The molecule has 0 amide bonds. The average molecular weight is 257 g/mol. The third-order valence-electron chi connectivity index (χ3n) is 3.06. The van der Waals surface area contributed by atoms with Gasteiger partial charge in [-0.25, -0.2) is 4.98 Å². The zero-order chi connectivity index (χ0) is 12.5. The third kappa shape index (κ3) is 1.94. The number of aryl methyl sites for hydroxylation is 1. The van der Waals surface area contributed by atoms with E-state index in [2.05, 4.69) is 45.4 Å². The predicted octanol–water partition coefficient (Wildman–Crippen LogP) is 2.91. The summed E-state index contributed by atoms with van der Waals surface area (Å²) in [5.41, 5.74) is 9.31.